The van der Waals surface area contributed by atoms with Crippen molar-refractivity contribution in [3.63, 3.8) is 0 Å². The molecule has 0 saturated carbocycles. The lowest BCUT2D eigenvalue weighted by atomic mass is 10.0. The molecule has 1 aromatic rings. The highest BCUT2D eigenvalue weighted by atomic mass is 32.2. The van der Waals surface area contributed by atoms with E-state index in [1.165, 1.54) is 0 Å². The molecular formula is C15H21NO3S. The highest BCUT2D eigenvalue weighted by Crippen LogP contribution is 2.17. The van der Waals surface area contributed by atoms with E-state index in [4.69, 9.17) is 0 Å². The zero-order valence-corrected chi connectivity index (χ0v) is 12.6. The van der Waals surface area contributed by atoms with Crippen LogP contribution in [0.4, 0.5) is 0 Å². The minimum Gasteiger partial charge on any atom is -0.342 e. The molecular weight excluding hydrogens is 274 g/mol. The average molecular weight is 295 g/mol. The van der Waals surface area contributed by atoms with Gasteiger partial charge in [-0.2, -0.15) is 0 Å². The van der Waals surface area contributed by atoms with Crippen molar-refractivity contribution in [1.29, 1.82) is 0 Å². The molecule has 1 aliphatic heterocycles. The van der Waals surface area contributed by atoms with E-state index in [9.17, 15) is 13.2 Å². The smallest absolute Gasteiger partial charge is 0.223 e. The van der Waals surface area contributed by atoms with Crippen LogP contribution in [-0.2, 0) is 14.6 Å². The molecule has 5 heteroatoms. The van der Waals surface area contributed by atoms with Crippen molar-refractivity contribution in [3.05, 3.63) is 30.3 Å². The van der Waals surface area contributed by atoms with E-state index < -0.39 is 9.84 Å². The summed E-state index contributed by atoms with van der Waals surface area (Å²) in [6.45, 7) is 3.64. The van der Waals surface area contributed by atoms with Crippen LogP contribution < -0.4 is 0 Å². The van der Waals surface area contributed by atoms with E-state index in [1.54, 1.807) is 35.2 Å². The van der Waals surface area contributed by atoms with Crippen LogP contribution in [0, 0.1) is 5.92 Å². The number of carbonyl (C=O) groups excluding carboxylic acids is 1. The fourth-order valence-corrected chi connectivity index (χ4v) is 3.79. The first-order valence-electron chi connectivity index (χ1n) is 7.04. The molecule has 1 fully saturated rings. The van der Waals surface area contributed by atoms with Crippen LogP contribution in [0.3, 0.4) is 0 Å². The van der Waals surface area contributed by atoms with Gasteiger partial charge in [0.05, 0.1) is 10.6 Å². The Kier molecular flexibility index (Phi) is 4.81. The van der Waals surface area contributed by atoms with E-state index >= 15 is 0 Å². The summed E-state index contributed by atoms with van der Waals surface area (Å²) < 4.78 is 24.2. The molecule has 1 saturated heterocycles. The summed E-state index contributed by atoms with van der Waals surface area (Å²) >= 11 is 0. The van der Waals surface area contributed by atoms with Crippen molar-refractivity contribution in [2.75, 3.05) is 18.8 Å². The Hall–Kier alpha value is -1.36. The van der Waals surface area contributed by atoms with Gasteiger partial charge in [0, 0.05) is 19.5 Å². The summed E-state index contributed by atoms with van der Waals surface area (Å²) in [7, 11) is -3.36. The molecule has 1 unspecified atom stereocenters. The van der Waals surface area contributed by atoms with Crippen molar-refractivity contribution >= 4 is 15.7 Å². The summed E-state index contributed by atoms with van der Waals surface area (Å²) in [5.41, 5.74) is 0. The van der Waals surface area contributed by atoms with Gasteiger partial charge in [0.15, 0.2) is 9.84 Å². The third kappa shape index (κ3) is 3.82. The number of likely N-dealkylation sites (tertiary alicyclic amines) is 1. The Balaban J connectivity index is 1.93. The summed E-state index contributed by atoms with van der Waals surface area (Å²) in [5.74, 6) is 0.357. The van der Waals surface area contributed by atoms with Crippen LogP contribution in [-0.4, -0.2) is 38.1 Å². The van der Waals surface area contributed by atoms with Gasteiger partial charge in [-0.05, 0) is 30.9 Å². The molecule has 0 aromatic heterocycles. The summed E-state index contributed by atoms with van der Waals surface area (Å²) in [6.07, 6.45) is 2.23. The number of benzene rings is 1. The van der Waals surface area contributed by atoms with Gasteiger partial charge >= 0.3 is 0 Å². The quantitative estimate of drug-likeness (QED) is 0.855. The second-order valence-corrected chi connectivity index (χ2v) is 7.58. The molecule has 0 aliphatic carbocycles. The second kappa shape index (κ2) is 6.39. The van der Waals surface area contributed by atoms with Gasteiger partial charge in [-0.15, -0.1) is 0 Å². The van der Waals surface area contributed by atoms with Crippen molar-refractivity contribution in [3.8, 4) is 0 Å². The fraction of sp³-hybridized carbons (Fsp3) is 0.533. The van der Waals surface area contributed by atoms with Crippen LogP contribution in [0.1, 0.15) is 26.2 Å². The number of amides is 1. The number of piperidine rings is 1. The monoisotopic (exact) mass is 295 g/mol. The van der Waals surface area contributed by atoms with Crippen LogP contribution >= 0.6 is 0 Å². The number of carbonyl (C=O) groups is 1. The van der Waals surface area contributed by atoms with Gasteiger partial charge in [0.2, 0.25) is 5.91 Å². The predicted molar refractivity (Wildman–Crippen MR) is 78.1 cm³/mol. The molecule has 1 aromatic carbocycles. The highest BCUT2D eigenvalue weighted by Gasteiger charge is 2.23. The Bertz CT molecular complexity index is 554. The molecule has 1 heterocycles. The summed E-state index contributed by atoms with van der Waals surface area (Å²) in [4.78, 5) is 14.2. The molecule has 1 amide bonds. The molecule has 20 heavy (non-hydrogen) atoms. The van der Waals surface area contributed by atoms with Gasteiger partial charge in [0.1, 0.15) is 0 Å². The molecule has 0 spiro atoms. The largest absolute Gasteiger partial charge is 0.342 e. The lowest BCUT2D eigenvalue weighted by molar-refractivity contribution is -0.132. The van der Waals surface area contributed by atoms with Gasteiger partial charge < -0.3 is 4.90 Å². The Morgan fingerprint density at radius 2 is 2.00 bits per heavy atom. The molecule has 4 nitrogen and oxygen atoms in total. The Morgan fingerprint density at radius 3 is 2.65 bits per heavy atom. The molecule has 1 aliphatic rings. The maximum atomic E-state index is 12.1. The lowest BCUT2D eigenvalue weighted by Crippen LogP contribution is -2.39. The van der Waals surface area contributed by atoms with E-state index in [1.807, 2.05) is 0 Å². The van der Waals surface area contributed by atoms with Gasteiger partial charge in [-0.3, -0.25) is 4.79 Å². The van der Waals surface area contributed by atoms with Crippen molar-refractivity contribution in [1.82, 2.24) is 4.90 Å². The molecule has 110 valence electrons. The molecule has 0 radical (unpaired) electrons. The van der Waals surface area contributed by atoms with Crippen LogP contribution in [0.2, 0.25) is 0 Å². The molecule has 0 bridgehead atoms. The van der Waals surface area contributed by atoms with Gasteiger partial charge in [-0.25, -0.2) is 8.42 Å². The maximum Gasteiger partial charge on any atom is 0.223 e. The summed E-state index contributed by atoms with van der Waals surface area (Å²) in [6, 6.07) is 8.31. The summed E-state index contributed by atoms with van der Waals surface area (Å²) in [5, 5.41) is 0. The van der Waals surface area contributed by atoms with Crippen LogP contribution in [0.15, 0.2) is 35.2 Å². The molecule has 2 rings (SSSR count). The topological polar surface area (TPSA) is 54.5 Å². The Labute approximate surface area is 120 Å². The first-order valence-corrected chi connectivity index (χ1v) is 8.70. The first-order chi connectivity index (χ1) is 9.49. The van der Waals surface area contributed by atoms with Crippen molar-refractivity contribution < 1.29 is 13.2 Å². The number of sulfone groups is 1. The fourth-order valence-electron chi connectivity index (χ4n) is 2.54. The van der Waals surface area contributed by atoms with Gasteiger partial charge in [-0.1, -0.05) is 25.1 Å². The van der Waals surface area contributed by atoms with Crippen LogP contribution in [0.25, 0.3) is 0 Å². The predicted octanol–water partition coefficient (Wildman–Crippen LogP) is 2.11. The standard InChI is InChI=1S/C15H21NO3S/c1-13-6-5-10-16(12-13)15(17)9-11-20(18,19)14-7-3-2-4-8-14/h2-4,7-8,13H,5-6,9-12H2,1H3. The zero-order chi connectivity index (χ0) is 14.6. The highest BCUT2D eigenvalue weighted by molar-refractivity contribution is 7.91. The second-order valence-electron chi connectivity index (χ2n) is 5.47. The lowest BCUT2D eigenvalue weighted by Gasteiger charge is -2.31. The first kappa shape index (κ1) is 15.0. The average Bonchev–Trinajstić information content (AvgIpc) is 2.46. The number of nitrogens with zero attached hydrogens (tertiary/aromatic N) is 1. The number of hydrogen-bond acceptors (Lipinski definition) is 3. The van der Waals surface area contributed by atoms with Crippen molar-refractivity contribution in [2.24, 2.45) is 5.92 Å². The molecule has 1 atom stereocenters. The third-order valence-electron chi connectivity index (χ3n) is 3.70. The SMILES string of the molecule is CC1CCCN(C(=O)CCS(=O)(=O)c2ccccc2)C1. The number of rotatable bonds is 4. The minimum atomic E-state index is -3.36. The third-order valence-corrected chi connectivity index (χ3v) is 5.43. The number of hydrogen-bond donors (Lipinski definition) is 0. The van der Waals surface area contributed by atoms with E-state index in [2.05, 4.69) is 6.92 Å². The minimum absolute atomic E-state index is 0.0453. The van der Waals surface area contributed by atoms with Crippen LogP contribution in [0.5, 0.6) is 0 Å². The Morgan fingerprint density at radius 1 is 1.30 bits per heavy atom. The van der Waals surface area contributed by atoms with Gasteiger partial charge in [0.25, 0.3) is 0 Å². The van der Waals surface area contributed by atoms with E-state index in [0.717, 1.165) is 25.9 Å². The normalized spacial score (nSPS) is 19.9. The zero-order valence-electron chi connectivity index (χ0n) is 11.8. The van der Waals surface area contributed by atoms with E-state index in [-0.39, 0.29) is 18.1 Å². The van der Waals surface area contributed by atoms with Crippen molar-refractivity contribution in [2.45, 2.75) is 31.1 Å². The maximum absolute atomic E-state index is 12.1. The van der Waals surface area contributed by atoms with E-state index in [0.29, 0.717) is 10.8 Å². The molecule has 0 N–H and O–H groups in total.